The van der Waals surface area contributed by atoms with Crippen molar-refractivity contribution in [3.05, 3.63) is 42.5 Å². The van der Waals surface area contributed by atoms with Crippen molar-refractivity contribution in [1.82, 2.24) is 9.55 Å². The molecule has 0 radical (unpaired) electrons. The number of guanidine groups is 1. The van der Waals surface area contributed by atoms with Gasteiger partial charge in [0.25, 0.3) is 0 Å². The Morgan fingerprint density at radius 2 is 2.00 bits per heavy atom. The fourth-order valence-corrected chi connectivity index (χ4v) is 2.34. The van der Waals surface area contributed by atoms with Crippen molar-refractivity contribution in [1.29, 1.82) is 0 Å². The number of halogens is 3. The van der Waals surface area contributed by atoms with Crippen LogP contribution in [0.3, 0.4) is 0 Å². The van der Waals surface area contributed by atoms with Gasteiger partial charge in [-0.25, -0.2) is 4.98 Å². The van der Waals surface area contributed by atoms with Gasteiger partial charge in [-0.1, -0.05) is 0 Å². The van der Waals surface area contributed by atoms with Crippen molar-refractivity contribution >= 4 is 11.6 Å². The highest BCUT2D eigenvalue weighted by molar-refractivity contribution is 5.92. The molecule has 10 heteroatoms. The van der Waals surface area contributed by atoms with E-state index in [4.69, 9.17) is 10.5 Å². The second-order valence-corrected chi connectivity index (χ2v) is 5.59. The first-order chi connectivity index (χ1) is 12.2. The van der Waals surface area contributed by atoms with Gasteiger partial charge in [0.1, 0.15) is 11.6 Å². The molecule has 0 fully saturated rings. The van der Waals surface area contributed by atoms with E-state index in [1.165, 1.54) is 26.6 Å². The molecular weight excluding hydrogens is 351 g/mol. The predicted molar refractivity (Wildman–Crippen MR) is 90.9 cm³/mol. The lowest BCUT2D eigenvalue weighted by Crippen LogP contribution is -2.45. The number of benzene rings is 1. The molecule has 1 atom stereocenters. The van der Waals surface area contributed by atoms with E-state index in [1.807, 2.05) is 0 Å². The quantitative estimate of drug-likeness (QED) is 0.533. The van der Waals surface area contributed by atoms with E-state index >= 15 is 0 Å². The van der Waals surface area contributed by atoms with Crippen LogP contribution in [0.2, 0.25) is 0 Å². The van der Waals surface area contributed by atoms with E-state index in [2.05, 4.69) is 15.3 Å². The van der Waals surface area contributed by atoms with E-state index in [-0.39, 0.29) is 12.5 Å². The lowest BCUT2D eigenvalue weighted by atomic mass is 9.98. The van der Waals surface area contributed by atoms with Crippen LogP contribution in [-0.4, -0.2) is 40.4 Å². The minimum atomic E-state index is -4.90. The molecule has 142 valence electrons. The topological polar surface area (TPSA) is 97.7 Å². The van der Waals surface area contributed by atoms with Gasteiger partial charge in [0.15, 0.2) is 5.96 Å². The summed E-state index contributed by atoms with van der Waals surface area (Å²) in [5.41, 5.74) is 3.17. The maximum atomic E-state index is 13.4. The number of imidazole rings is 1. The summed E-state index contributed by atoms with van der Waals surface area (Å²) in [5, 5.41) is 12.9. The highest BCUT2D eigenvalue weighted by Crippen LogP contribution is 2.40. The average Bonchev–Trinajstić information content (AvgIpc) is 3.01. The van der Waals surface area contributed by atoms with Crippen LogP contribution in [0.15, 0.2) is 41.7 Å². The Bertz CT molecular complexity index is 758. The third kappa shape index (κ3) is 4.26. The minimum absolute atomic E-state index is 0.0699. The molecule has 26 heavy (non-hydrogen) atoms. The number of ether oxygens (including phenoxy) is 1. The Kier molecular flexibility index (Phi) is 5.76. The van der Waals surface area contributed by atoms with Gasteiger partial charge in [-0.05, 0) is 24.3 Å². The van der Waals surface area contributed by atoms with Crippen LogP contribution in [0.1, 0.15) is 12.2 Å². The summed E-state index contributed by atoms with van der Waals surface area (Å²) in [6, 6.07) is 6.75. The van der Waals surface area contributed by atoms with Crippen LogP contribution < -0.4 is 15.8 Å². The van der Waals surface area contributed by atoms with E-state index < -0.39 is 24.0 Å². The monoisotopic (exact) mass is 371 g/mol. The molecule has 0 aliphatic heterocycles. The summed E-state index contributed by atoms with van der Waals surface area (Å²) in [6.45, 7) is -0.349. The fourth-order valence-electron chi connectivity index (χ4n) is 2.34. The van der Waals surface area contributed by atoms with Gasteiger partial charge in [0, 0.05) is 38.1 Å². The zero-order valence-corrected chi connectivity index (χ0v) is 14.3. The molecule has 0 aliphatic rings. The molecule has 1 heterocycles. The number of nitrogens with one attached hydrogen (secondary N) is 1. The minimum Gasteiger partial charge on any atom is -0.497 e. The highest BCUT2D eigenvalue weighted by atomic mass is 19.4. The van der Waals surface area contributed by atoms with Crippen molar-refractivity contribution in [3.8, 4) is 5.75 Å². The number of hydrogen-bond donors (Lipinski definition) is 3. The predicted octanol–water partition coefficient (Wildman–Crippen LogP) is 2.00. The van der Waals surface area contributed by atoms with Crippen molar-refractivity contribution < 1.29 is 23.0 Å². The lowest BCUT2D eigenvalue weighted by Gasteiger charge is -2.29. The Morgan fingerprint density at radius 3 is 2.50 bits per heavy atom. The first-order valence-corrected chi connectivity index (χ1v) is 7.65. The molecule has 1 aromatic heterocycles. The van der Waals surface area contributed by atoms with Gasteiger partial charge in [-0.3, -0.25) is 4.99 Å². The molecule has 1 aromatic carbocycles. The third-order valence-electron chi connectivity index (χ3n) is 3.78. The fraction of sp³-hybridized carbons (Fsp3) is 0.375. The van der Waals surface area contributed by atoms with Crippen LogP contribution in [-0.2, 0) is 12.6 Å². The number of nitrogens with two attached hydrogens (primary N) is 1. The molecule has 2 rings (SSSR count). The molecule has 4 N–H and O–H groups in total. The molecular formula is C16H20F3N5O2. The number of hydrogen-bond acceptors (Lipinski definition) is 4. The van der Waals surface area contributed by atoms with Crippen LogP contribution >= 0.6 is 0 Å². The van der Waals surface area contributed by atoms with Crippen molar-refractivity contribution in [3.63, 3.8) is 0 Å². The summed E-state index contributed by atoms with van der Waals surface area (Å²) < 4.78 is 46.3. The van der Waals surface area contributed by atoms with Gasteiger partial charge in [-0.2, -0.15) is 13.2 Å². The van der Waals surface area contributed by atoms with Gasteiger partial charge >= 0.3 is 6.18 Å². The number of anilines is 1. The summed E-state index contributed by atoms with van der Waals surface area (Å²) >= 11 is 0. The van der Waals surface area contributed by atoms with E-state index in [9.17, 15) is 18.3 Å². The zero-order valence-electron chi connectivity index (χ0n) is 14.3. The average molecular weight is 371 g/mol. The Balaban J connectivity index is 2.06. The zero-order chi connectivity index (χ0) is 19.4. The summed E-state index contributed by atoms with van der Waals surface area (Å²) in [5.74, 6) is 0.0813. The number of aromatic nitrogens is 2. The molecule has 2 aromatic rings. The standard InChI is InChI=1S/C16H20F3N5O2/c1-24-10-9-21-13(24)15(25,16(17,18)19)7-8-22-14(20)23-11-3-5-12(26-2)6-4-11/h3-6,9-10,25H,7-8H2,1-2H3,(H3,20,22,23). The summed E-state index contributed by atoms with van der Waals surface area (Å²) in [4.78, 5) is 7.48. The molecule has 0 saturated carbocycles. The molecule has 0 bridgehead atoms. The molecule has 0 saturated heterocycles. The number of methoxy groups -OCH3 is 1. The van der Waals surface area contributed by atoms with E-state index in [0.29, 0.717) is 11.4 Å². The van der Waals surface area contributed by atoms with Gasteiger partial charge in [0.05, 0.1) is 7.11 Å². The maximum Gasteiger partial charge on any atom is 0.424 e. The van der Waals surface area contributed by atoms with E-state index in [0.717, 1.165) is 4.57 Å². The number of nitrogens with zero attached hydrogens (tertiary/aromatic N) is 3. The van der Waals surface area contributed by atoms with E-state index in [1.54, 1.807) is 24.3 Å². The second kappa shape index (κ2) is 7.65. The molecule has 0 aliphatic carbocycles. The number of rotatable bonds is 6. The number of aryl methyl sites for hydroxylation is 1. The molecule has 7 nitrogen and oxygen atoms in total. The van der Waals surface area contributed by atoms with Crippen molar-refractivity contribution in [2.75, 3.05) is 19.0 Å². The number of aliphatic hydroxyl groups is 1. The van der Waals surface area contributed by atoms with Crippen LogP contribution in [0.4, 0.5) is 18.9 Å². The molecule has 0 spiro atoms. The summed E-state index contributed by atoms with van der Waals surface area (Å²) in [6.07, 6.45) is -3.10. The van der Waals surface area contributed by atoms with Crippen LogP contribution in [0, 0.1) is 0 Å². The van der Waals surface area contributed by atoms with Gasteiger partial charge in [0.2, 0.25) is 5.60 Å². The largest absolute Gasteiger partial charge is 0.497 e. The first kappa shape index (κ1) is 19.6. The smallest absolute Gasteiger partial charge is 0.424 e. The summed E-state index contributed by atoms with van der Waals surface area (Å²) in [7, 11) is 2.91. The van der Waals surface area contributed by atoms with Crippen molar-refractivity contribution in [2.24, 2.45) is 17.8 Å². The normalized spacial score (nSPS) is 14.8. The lowest BCUT2D eigenvalue weighted by molar-refractivity contribution is -0.272. The number of aliphatic imine (C=N–C) groups is 1. The third-order valence-corrected chi connectivity index (χ3v) is 3.78. The van der Waals surface area contributed by atoms with Crippen LogP contribution in [0.25, 0.3) is 0 Å². The van der Waals surface area contributed by atoms with Gasteiger partial charge in [-0.15, -0.1) is 0 Å². The molecule has 1 unspecified atom stereocenters. The maximum absolute atomic E-state index is 13.4. The highest BCUT2D eigenvalue weighted by Gasteiger charge is 2.57. The Morgan fingerprint density at radius 1 is 1.35 bits per heavy atom. The van der Waals surface area contributed by atoms with Crippen molar-refractivity contribution in [2.45, 2.75) is 18.2 Å². The van der Waals surface area contributed by atoms with Crippen LogP contribution in [0.5, 0.6) is 5.75 Å². The molecule has 0 amide bonds. The van der Waals surface area contributed by atoms with Gasteiger partial charge < -0.3 is 25.5 Å². The Hall–Kier alpha value is -2.75. The SMILES string of the molecule is COc1ccc(NC(N)=NCCC(O)(c2nccn2C)C(F)(F)F)cc1. The Labute approximate surface area is 148 Å². The second-order valence-electron chi connectivity index (χ2n) is 5.59. The number of alkyl halides is 3. The first-order valence-electron chi connectivity index (χ1n) is 7.65.